The molecule has 0 radical (unpaired) electrons. The van der Waals surface area contributed by atoms with Crippen molar-refractivity contribution in [2.45, 2.75) is 71.8 Å². The van der Waals surface area contributed by atoms with E-state index in [0.717, 1.165) is 37.7 Å². The Morgan fingerprint density at radius 3 is 2.70 bits per heavy atom. The number of carbonyl (C=O) groups is 1. The number of Topliss-reactive ketones (excluding diaryl/α,β-unsaturated/α-hetero) is 1. The third kappa shape index (κ3) is 2.06. The van der Waals surface area contributed by atoms with Crippen LogP contribution in [-0.4, -0.2) is 17.0 Å². The number of aliphatic hydroxyl groups is 1. The van der Waals surface area contributed by atoms with E-state index in [9.17, 15) is 9.90 Å². The zero-order valence-corrected chi connectivity index (χ0v) is 14.8. The standard InChI is InChI=1S/C21H30O2/c1-13(22)17-6-7-18-16-5-4-14-12-15(23)8-10-20(14,2)19(16)9-11-21(17,18)3/h6,9,14-16,18,23H,4-5,7-8,10-12H2,1-3H3/t14?,15?,16-,18-,20-,21+/m0/s1. The summed E-state index contributed by atoms with van der Waals surface area (Å²) in [5.74, 6) is 2.19. The minimum Gasteiger partial charge on any atom is -0.393 e. The molecular formula is C21H30O2. The van der Waals surface area contributed by atoms with Gasteiger partial charge in [-0.3, -0.25) is 4.79 Å². The monoisotopic (exact) mass is 314 g/mol. The Labute approximate surface area is 140 Å². The van der Waals surface area contributed by atoms with E-state index in [1.807, 2.05) is 0 Å². The van der Waals surface area contributed by atoms with Crippen LogP contribution in [0, 0.1) is 28.6 Å². The Bertz CT molecular complexity index is 601. The van der Waals surface area contributed by atoms with E-state index in [2.05, 4.69) is 26.0 Å². The molecule has 0 heterocycles. The first-order chi connectivity index (χ1) is 10.9. The van der Waals surface area contributed by atoms with Crippen LogP contribution in [0.15, 0.2) is 23.3 Å². The molecule has 4 rings (SSSR count). The molecule has 2 unspecified atom stereocenters. The summed E-state index contributed by atoms with van der Waals surface area (Å²) in [7, 11) is 0. The molecule has 1 N–H and O–H groups in total. The van der Waals surface area contributed by atoms with Crippen LogP contribution in [0.25, 0.3) is 0 Å². The van der Waals surface area contributed by atoms with Crippen LogP contribution in [0.3, 0.4) is 0 Å². The van der Waals surface area contributed by atoms with Crippen molar-refractivity contribution in [1.29, 1.82) is 0 Å². The Hall–Kier alpha value is -0.890. The number of rotatable bonds is 1. The summed E-state index contributed by atoms with van der Waals surface area (Å²) in [5, 5.41) is 10.1. The summed E-state index contributed by atoms with van der Waals surface area (Å²) >= 11 is 0. The van der Waals surface area contributed by atoms with Crippen LogP contribution >= 0.6 is 0 Å². The Morgan fingerprint density at radius 2 is 1.96 bits per heavy atom. The molecule has 0 aliphatic heterocycles. The van der Waals surface area contributed by atoms with Crippen LogP contribution in [-0.2, 0) is 4.79 Å². The molecule has 2 heteroatoms. The molecule has 0 bridgehead atoms. The minimum absolute atomic E-state index is 0.0668. The maximum atomic E-state index is 12.1. The smallest absolute Gasteiger partial charge is 0.156 e. The molecule has 4 aliphatic carbocycles. The van der Waals surface area contributed by atoms with Gasteiger partial charge in [-0.25, -0.2) is 0 Å². The molecule has 0 amide bonds. The van der Waals surface area contributed by atoms with Crippen molar-refractivity contribution in [2.24, 2.45) is 28.6 Å². The molecule has 2 fully saturated rings. The molecule has 4 aliphatic rings. The van der Waals surface area contributed by atoms with Gasteiger partial charge in [0.25, 0.3) is 0 Å². The van der Waals surface area contributed by atoms with E-state index in [-0.39, 0.29) is 17.3 Å². The number of hydrogen-bond acceptors (Lipinski definition) is 2. The van der Waals surface area contributed by atoms with Crippen molar-refractivity contribution in [3.63, 3.8) is 0 Å². The van der Waals surface area contributed by atoms with Crippen LogP contribution in [0.4, 0.5) is 0 Å². The lowest BCUT2D eigenvalue weighted by Gasteiger charge is -2.56. The van der Waals surface area contributed by atoms with Crippen molar-refractivity contribution in [1.82, 2.24) is 0 Å². The zero-order chi connectivity index (χ0) is 16.4. The Kier molecular flexibility index (Phi) is 3.43. The van der Waals surface area contributed by atoms with Crippen molar-refractivity contribution < 1.29 is 9.90 Å². The molecule has 126 valence electrons. The van der Waals surface area contributed by atoms with Gasteiger partial charge in [0.05, 0.1) is 6.10 Å². The Balaban J connectivity index is 1.69. The molecule has 0 aromatic carbocycles. The second-order valence-electron chi connectivity index (χ2n) is 9.02. The first-order valence-electron chi connectivity index (χ1n) is 9.46. The fourth-order valence-electron chi connectivity index (χ4n) is 6.63. The van der Waals surface area contributed by atoms with Gasteiger partial charge < -0.3 is 5.11 Å². The average Bonchev–Trinajstić information content (AvgIpc) is 2.85. The van der Waals surface area contributed by atoms with Gasteiger partial charge in [0.2, 0.25) is 0 Å². The fraction of sp³-hybridized carbons (Fsp3) is 0.762. The molecule has 2 nitrogen and oxygen atoms in total. The molecule has 0 aromatic heterocycles. The molecule has 0 spiro atoms. The number of allylic oxidation sites excluding steroid dienone is 4. The zero-order valence-electron chi connectivity index (χ0n) is 14.8. The highest BCUT2D eigenvalue weighted by Crippen LogP contribution is 2.64. The molecule has 6 atom stereocenters. The van der Waals surface area contributed by atoms with E-state index in [0.29, 0.717) is 23.2 Å². The molecule has 23 heavy (non-hydrogen) atoms. The third-order valence-corrected chi connectivity index (χ3v) is 7.96. The van der Waals surface area contributed by atoms with Crippen LogP contribution in [0.5, 0.6) is 0 Å². The first kappa shape index (κ1) is 15.6. The lowest BCUT2D eigenvalue weighted by Crippen LogP contribution is -2.48. The maximum absolute atomic E-state index is 12.1. The van der Waals surface area contributed by atoms with Crippen LogP contribution in [0.2, 0.25) is 0 Å². The molecule has 0 saturated heterocycles. The highest BCUT2D eigenvalue weighted by Gasteiger charge is 2.55. The van der Waals surface area contributed by atoms with E-state index in [1.165, 1.54) is 12.8 Å². The highest BCUT2D eigenvalue weighted by molar-refractivity contribution is 5.95. The summed E-state index contributed by atoms with van der Waals surface area (Å²) < 4.78 is 0. The SMILES string of the molecule is CC(=O)C1=CC[C@H]2[C@@H]3CCC4CC(O)CC[C@]4(C)C3=CC[C@]12C. The number of ketones is 1. The second-order valence-corrected chi connectivity index (χ2v) is 9.02. The third-order valence-electron chi connectivity index (χ3n) is 7.96. The van der Waals surface area contributed by atoms with Crippen molar-refractivity contribution in [3.8, 4) is 0 Å². The number of aliphatic hydroxyl groups excluding tert-OH is 1. The quantitative estimate of drug-likeness (QED) is 0.727. The average molecular weight is 314 g/mol. The predicted octanol–water partition coefficient (Wildman–Crippen LogP) is 4.44. The van der Waals surface area contributed by atoms with Gasteiger partial charge in [-0.15, -0.1) is 0 Å². The Morgan fingerprint density at radius 1 is 1.17 bits per heavy atom. The topological polar surface area (TPSA) is 37.3 Å². The molecule has 2 saturated carbocycles. The van der Waals surface area contributed by atoms with E-state index in [4.69, 9.17) is 0 Å². The fourth-order valence-corrected chi connectivity index (χ4v) is 6.63. The summed E-state index contributed by atoms with van der Waals surface area (Å²) in [5.41, 5.74) is 3.13. The maximum Gasteiger partial charge on any atom is 0.156 e. The van der Waals surface area contributed by atoms with Gasteiger partial charge in [-0.05, 0) is 80.6 Å². The summed E-state index contributed by atoms with van der Waals surface area (Å²) in [6, 6.07) is 0. The summed E-state index contributed by atoms with van der Waals surface area (Å²) in [6.45, 7) is 6.52. The van der Waals surface area contributed by atoms with Gasteiger partial charge in [-0.2, -0.15) is 0 Å². The predicted molar refractivity (Wildman–Crippen MR) is 91.9 cm³/mol. The van der Waals surface area contributed by atoms with Crippen LogP contribution < -0.4 is 0 Å². The van der Waals surface area contributed by atoms with Crippen molar-refractivity contribution in [2.75, 3.05) is 0 Å². The summed E-state index contributed by atoms with van der Waals surface area (Å²) in [4.78, 5) is 12.1. The van der Waals surface area contributed by atoms with Crippen LogP contribution in [0.1, 0.15) is 65.7 Å². The highest BCUT2D eigenvalue weighted by atomic mass is 16.3. The normalized spacial score (nSPS) is 48.7. The molecular weight excluding hydrogens is 284 g/mol. The number of hydrogen-bond donors (Lipinski definition) is 1. The number of fused-ring (bicyclic) bond motifs is 5. The van der Waals surface area contributed by atoms with Gasteiger partial charge in [-0.1, -0.05) is 31.6 Å². The largest absolute Gasteiger partial charge is 0.393 e. The van der Waals surface area contributed by atoms with Gasteiger partial charge >= 0.3 is 0 Å². The van der Waals surface area contributed by atoms with E-state index >= 15 is 0 Å². The van der Waals surface area contributed by atoms with Gasteiger partial charge in [0.1, 0.15) is 0 Å². The van der Waals surface area contributed by atoms with Gasteiger partial charge in [0, 0.05) is 5.41 Å². The minimum atomic E-state index is -0.0865. The lowest BCUT2D eigenvalue weighted by molar-refractivity contribution is -0.115. The lowest BCUT2D eigenvalue weighted by atomic mass is 9.48. The number of carbonyl (C=O) groups excluding carboxylic acids is 1. The van der Waals surface area contributed by atoms with Crippen molar-refractivity contribution in [3.05, 3.63) is 23.3 Å². The van der Waals surface area contributed by atoms with Crippen molar-refractivity contribution >= 4 is 5.78 Å². The summed E-state index contributed by atoms with van der Waals surface area (Å²) in [6.07, 6.45) is 12.3. The second kappa shape index (κ2) is 5.05. The first-order valence-corrected chi connectivity index (χ1v) is 9.46. The van der Waals surface area contributed by atoms with E-state index < -0.39 is 0 Å². The van der Waals surface area contributed by atoms with E-state index in [1.54, 1.807) is 12.5 Å². The van der Waals surface area contributed by atoms with Gasteiger partial charge in [0.15, 0.2) is 5.78 Å². The molecule has 0 aromatic rings.